The van der Waals surface area contributed by atoms with Crippen molar-refractivity contribution in [3.63, 3.8) is 0 Å². The maximum Gasteiger partial charge on any atom is 0.252 e. The highest BCUT2D eigenvalue weighted by molar-refractivity contribution is 7.13. The van der Waals surface area contributed by atoms with E-state index in [1.165, 1.54) is 17.2 Å². The van der Waals surface area contributed by atoms with E-state index < -0.39 is 5.91 Å². The van der Waals surface area contributed by atoms with Crippen LogP contribution < -0.4 is 5.73 Å². The van der Waals surface area contributed by atoms with Crippen LogP contribution in [0.4, 0.5) is 0 Å². The lowest BCUT2D eigenvalue weighted by atomic mass is 10.1. The molecule has 0 spiro atoms. The van der Waals surface area contributed by atoms with Crippen molar-refractivity contribution in [1.29, 1.82) is 0 Å². The molecular weight excluding hydrogens is 308 g/mol. The number of rotatable bonds is 3. The van der Waals surface area contributed by atoms with Crippen LogP contribution in [0.1, 0.15) is 21.5 Å². The first kappa shape index (κ1) is 15.2. The largest absolute Gasteiger partial charge is 0.507 e. The van der Waals surface area contributed by atoms with E-state index in [-0.39, 0.29) is 11.3 Å². The molecule has 0 atom stereocenters. The molecule has 0 saturated heterocycles. The van der Waals surface area contributed by atoms with E-state index in [0.717, 1.165) is 21.8 Å². The number of hydrogen-bond donors (Lipinski definition) is 2. The van der Waals surface area contributed by atoms with E-state index in [1.807, 2.05) is 5.38 Å². The van der Waals surface area contributed by atoms with E-state index in [2.05, 4.69) is 37.0 Å². The fraction of sp³-hybridized carbons (Fsp3) is 0.111. The van der Waals surface area contributed by atoms with Crippen LogP contribution in [0.2, 0.25) is 0 Å². The Kier molecular flexibility index (Phi) is 3.88. The number of carbonyl (C=O) groups is 1. The molecule has 0 bridgehead atoms. The first-order valence-electron chi connectivity index (χ1n) is 7.12. The maximum absolute atomic E-state index is 11.4. The van der Waals surface area contributed by atoms with Gasteiger partial charge in [-0.1, -0.05) is 23.8 Å². The third-order valence-electron chi connectivity index (χ3n) is 3.67. The van der Waals surface area contributed by atoms with Gasteiger partial charge >= 0.3 is 0 Å². The smallest absolute Gasteiger partial charge is 0.252 e. The first-order valence-corrected chi connectivity index (χ1v) is 8.00. The summed E-state index contributed by atoms with van der Waals surface area (Å²) in [6, 6.07) is 11.0. The van der Waals surface area contributed by atoms with Crippen molar-refractivity contribution in [2.75, 3.05) is 0 Å². The lowest BCUT2D eigenvalue weighted by molar-refractivity contribution is 0.0998. The maximum atomic E-state index is 11.4. The molecule has 23 heavy (non-hydrogen) atoms. The van der Waals surface area contributed by atoms with Gasteiger partial charge in [-0.05, 0) is 37.6 Å². The summed E-state index contributed by atoms with van der Waals surface area (Å²) in [7, 11) is 0. The lowest BCUT2D eigenvalue weighted by Crippen LogP contribution is -2.11. The first-order chi connectivity index (χ1) is 11.0. The molecule has 2 aromatic carbocycles. The quantitative estimate of drug-likeness (QED) is 0.767. The van der Waals surface area contributed by atoms with Crippen LogP contribution in [0.5, 0.6) is 5.75 Å². The van der Waals surface area contributed by atoms with E-state index in [4.69, 9.17) is 5.73 Å². The van der Waals surface area contributed by atoms with Crippen molar-refractivity contribution < 1.29 is 9.90 Å². The van der Waals surface area contributed by atoms with Crippen molar-refractivity contribution in [3.8, 4) is 27.6 Å². The average Bonchev–Trinajstić information content (AvgIpc) is 2.97. The fourth-order valence-electron chi connectivity index (χ4n) is 2.48. The molecular formula is C18H16N2O2S. The number of amides is 1. The molecule has 0 saturated carbocycles. The van der Waals surface area contributed by atoms with Crippen LogP contribution >= 0.6 is 11.3 Å². The molecule has 1 aromatic heterocycles. The summed E-state index contributed by atoms with van der Waals surface area (Å²) in [6.45, 7) is 4.13. The predicted molar refractivity (Wildman–Crippen MR) is 92.6 cm³/mol. The second-order valence-electron chi connectivity index (χ2n) is 5.45. The molecule has 3 aromatic rings. The van der Waals surface area contributed by atoms with Gasteiger partial charge in [-0.3, -0.25) is 4.79 Å². The third kappa shape index (κ3) is 2.96. The summed E-state index contributed by atoms with van der Waals surface area (Å²) < 4.78 is 0. The summed E-state index contributed by atoms with van der Waals surface area (Å²) in [5.74, 6) is -0.778. The zero-order chi connectivity index (χ0) is 16.6. The molecule has 116 valence electrons. The van der Waals surface area contributed by atoms with Gasteiger partial charge in [0.15, 0.2) is 0 Å². The molecule has 1 amide bonds. The molecule has 0 aliphatic heterocycles. The molecule has 0 unspecified atom stereocenters. The highest BCUT2D eigenvalue weighted by Gasteiger charge is 2.13. The van der Waals surface area contributed by atoms with E-state index in [1.54, 1.807) is 23.5 Å². The minimum Gasteiger partial charge on any atom is -0.507 e. The second kappa shape index (κ2) is 5.85. The van der Waals surface area contributed by atoms with Crippen molar-refractivity contribution in [2.45, 2.75) is 13.8 Å². The SMILES string of the molecule is Cc1ccc(-c2nc(-c3ccc(O)c(C(N)=O)c3)cs2)c(C)c1. The number of aromatic nitrogens is 1. The molecule has 3 N–H and O–H groups in total. The van der Waals surface area contributed by atoms with Gasteiger partial charge in [-0.15, -0.1) is 11.3 Å². The summed E-state index contributed by atoms with van der Waals surface area (Å²) in [4.78, 5) is 16.0. The topological polar surface area (TPSA) is 76.2 Å². The second-order valence-corrected chi connectivity index (χ2v) is 6.31. The molecule has 0 fully saturated rings. The average molecular weight is 324 g/mol. The third-order valence-corrected chi connectivity index (χ3v) is 4.55. The minimum atomic E-state index is -0.658. The molecule has 0 radical (unpaired) electrons. The van der Waals surface area contributed by atoms with E-state index in [0.29, 0.717) is 0 Å². The molecule has 1 heterocycles. The summed E-state index contributed by atoms with van der Waals surface area (Å²) in [6.07, 6.45) is 0. The van der Waals surface area contributed by atoms with Gasteiger partial charge in [-0.2, -0.15) is 0 Å². The lowest BCUT2D eigenvalue weighted by Gasteiger charge is -2.04. The Labute approximate surface area is 138 Å². The normalized spacial score (nSPS) is 10.7. The van der Waals surface area contributed by atoms with Crippen LogP contribution in [0, 0.1) is 13.8 Å². The number of aryl methyl sites for hydroxylation is 2. The van der Waals surface area contributed by atoms with Gasteiger partial charge in [0, 0.05) is 16.5 Å². The van der Waals surface area contributed by atoms with Crippen molar-refractivity contribution in [2.24, 2.45) is 5.73 Å². The summed E-state index contributed by atoms with van der Waals surface area (Å²) in [5.41, 5.74) is 10.4. The van der Waals surface area contributed by atoms with Gasteiger partial charge in [-0.25, -0.2) is 4.98 Å². The van der Waals surface area contributed by atoms with Gasteiger partial charge < -0.3 is 10.8 Å². The number of nitrogens with zero attached hydrogens (tertiary/aromatic N) is 1. The number of carbonyl (C=O) groups excluding carboxylic acids is 1. The number of thiazole rings is 1. The highest BCUT2D eigenvalue weighted by Crippen LogP contribution is 2.32. The van der Waals surface area contributed by atoms with Crippen LogP contribution in [-0.4, -0.2) is 16.0 Å². The van der Waals surface area contributed by atoms with Crippen LogP contribution in [0.15, 0.2) is 41.8 Å². The number of phenols is 1. The standard InChI is InChI=1S/C18H16N2O2S/c1-10-3-5-13(11(2)7-10)18-20-15(9-23-18)12-4-6-16(21)14(8-12)17(19)22/h3-9,21H,1-2H3,(H2,19,22). The zero-order valence-corrected chi connectivity index (χ0v) is 13.6. The van der Waals surface area contributed by atoms with Crippen molar-refractivity contribution in [3.05, 3.63) is 58.5 Å². The number of hydrogen-bond acceptors (Lipinski definition) is 4. The minimum absolute atomic E-state index is 0.101. The van der Waals surface area contributed by atoms with Gasteiger partial charge in [0.05, 0.1) is 11.3 Å². The zero-order valence-electron chi connectivity index (χ0n) is 12.8. The number of primary amides is 1. The van der Waals surface area contributed by atoms with Gasteiger partial charge in [0.2, 0.25) is 0 Å². The molecule has 3 rings (SSSR count). The van der Waals surface area contributed by atoms with Crippen LogP contribution in [0.25, 0.3) is 21.8 Å². The molecule has 5 heteroatoms. The summed E-state index contributed by atoms with van der Waals surface area (Å²) in [5, 5.41) is 12.5. The number of benzene rings is 2. The van der Waals surface area contributed by atoms with Crippen molar-refractivity contribution in [1.82, 2.24) is 4.98 Å². The monoisotopic (exact) mass is 324 g/mol. The highest BCUT2D eigenvalue weighted by atomic mass is 32.1. The fourth-order valence-corrected chi connectivity index (χ4v) is 3.40. The molecule has 0 aliphatic rings. The van der Waals surface area contributed by atoms with Gasteiger partial charge in [0.25, 0.3) is 5.91 Å². The molecule has 4 nitrogen and oxygen atoms in total. The Balaban J connectivity index is 2.02. The Morgan fingerprint density at radius 2 is 1.96 bits per heavy atom. The Morgan fingerprint density at radius 3 is 2.65 bits per heavy atom. The Bertz CT molecular complexity index is 900. The van der Waals surface area contributed by atoms with E-state index >= 15 is 0 Å². The van der Waals surface area contributed by atoms with Crippen LogP contribution in [-0.2, 0) is 0 Å². The number of nitrogens with two attached hydrogens (primary N) is 1. The van der Waals surface area contributed by atoms with Gasteiger partial charge in [0.1, 0.15) is 10.8 Å². The summed E-state index contributed by atoms with van der Waals surface area (Å²) >= 11 is 1.55. The Hall–Kier alpha value is -2.66. The number of aromatic hydroxyl groups is 1. The predicted octanol–water partition coefficient (Wildman–Crippen LogP) is 3.90. The van der Waals surface area contributed by atoms with E-state index in [9.17, 15) is 9.90 Å². The van der Waals surface area contributed by atoms with Crippen LogP contribution in [0.3, 0.4) is 0 Å². The molecule has 0 aliphatic carbocycles. The van der Waals surface area contributed by atoms with Crippen molar-refractivity contribution >= 4 is 17.2 Å². The Morgan fingerprint density at radius 1 is 1.17 bits per heavy atom.